The van der Waals surface area contributed by atoms with Crippen molar-refractivity contribution >= 4 is 45.0 Å². The Morgan fingerprint density at radius 2 is 1.93 bits per heavy atom. The van der Waals surface area contributed by atoms with E-state index in [1.807, 2.05) is 29.3 Å². The molecule has 2 N–H and O–H groups in total. The highest BCUT2D eigenvalue weighted by atomic mass is 32.2. The highest BCUT2D eigenvalue weighted by molar-refractivity contribution is 8.00. The van der Waals surface area contributed by atoms with Crippen molar-refractivity contribution in [2.75, 3.05) is 31.9 Å². The second-order valence-electron chi connectivity index (χ2n) is 6.88. The van der Waals surface area contributed by atoms with E-state index in [2.05, 4.69) is 39.1 Å². The normalized spacial score (nSPS) is 16.4. The summed E-state index contributed by atoms with van der Waals surface area (Å²) in [6.45, 7) is 6.14. The van der Waals surface area contributed by atoms with Gasteiger partial charge in [-0.25, -0.2) is 9.97 Å². The van der Waals surface area contributed by atoms with E-state index in [1.54, 1.807) is 0 Å². The lowest BCUT2D eigenvalue weighted by atomic mass is 10.2. The number of fused-ring (bicyclic) bond motifs is 1. The van der Waals surface area contributed by atoms with E-state index in [0.29, 0.717) is 11.0 Å². The lowest BCUT2D eigenvalue weighted by Crippen LogP contribution is -2.50. The lowest BCUT2D eigenvalue weighted by Gasteiger charge is -2.35. The van der Waals surface area contributed by atoms with E-state index in [0.717, 1.165) is 42.9 Å². The molecule has 3 aromatic rings. The smallest absolute Gasteiger partial charge is 0.235 e. The first-order valence-corrected chi connectivity index (χ1v) is 11.1. The van der Waals surface area contributed by atoms with Crippen LogP contribution in [0, 0.1) is 0 Å². The minimum absolute atomic E-state index is 0.137. The number of benzene rings is 1. The zero-order valence-electron chi connectivity index (χ0n) is 15.7. The fraction of sp³-hybridized carbons (Fsp3) is 0.350. The zero-order valence-corrected chi connectivity index (χ0v) is 17.4. The summed E-state index contributed by atoms with van der Waals surface area (Å²) in [6.07, 6.45) is 0. The van der Waals surface area contributed by atoms with Gasteiger partial charge in [0, 0.05) is 32.7 Å². The predicted molar refractivity (Wildman–Crippen MR) is 115 cm³/mol. The van der Waals surface area contributed by atoms with Gasteiger partial charge in [-0.2, -0.15) is 0 Å². The van der Waals surface area contributed by atoms with Crippen LogP contribution in [-0.4, -0.2) is 57.1 Å². The van der Waals surface area contributed by atoms with Crippen LogP contribution in [0.1, 0.15) is 12.5 Å². The summed E-state index contributed by atoms with van der Waals surface area (Å²) >= 11 is 2.92. The number of anilines is 1. The standard InChI is InChI=1S/C20H23N5OS2/c1-14(28-20-22-17(21)16-7-12-27-18(16)23-20)19(26)25-10-8-24(9-11-25)13-15-5-3-2-4-6-15/h2-7,12,14H,8-11,13H2,1H3,(H2,21,22,23)/t14-/m0/s1. The SMILES string of the molecule is C[C@H](Sc1nc(N)c2ccsc2n1)C(=O)N1CCN(Cc2ccccc2)CC1. The number of carbonyl (C=O) groups is 1. The van der Waals surface area contributed by atoms with Crippen LogP contribution in [0.5, 0.6) is 0 Å². The van der Waals surface area contributed by atoms with Crippen molar-refractivity contribution in [3.05, 3.63) is 47.3 Å². The first-order valence-electron chi connectivity index (χ1n) is 9.32. The molecule has 1 aliphatic rings. The third-order valence-corrected chi connectivity index (χ3v) is 6.65. The van der Waals surface area contributed by atoms with E-state index in [4.69, 9.17) is 5.73 Å². The van der Waals surface area contributed by atoms with Gasteiger partial charge >= 0.3 is 0 Å². The number of nitrogen functional groups attached to an aromatic ring is 1. The topological polar surface area (TPSA) is 75.3 Å². The first-order chi connectivity index (χ1) is 13.6. The molecular formula is C20H23N5OS2. The molecule has 4 rings (SSSR count). The number of hydrogen-bond donors (Lipinski definition) is 1. The maximum atomic E-state index is 12.9. The van der Waals surface area contributed by atoms with Crippen molar-refractivity contribution in [1.82, 2.24) is 19.8 Å². The van der Waals surface area contributed by atoms with Crippen molar-refractivity contribution < 1.29 is 4.79 Å². The largest absolute Gasteiger partial charge is 0.383 e. The summed E-state index contributed by atoms with van der Waals surface area (Å²) in [4.78, 5) is 27.0. The van der Waals surface area contributed by atoms with E-state index in [-0.39, 0.29) is 11.2 Å². The van der Waals surface area contributed by atoms with E-state index in [9.17, 15) is 4.79 Å². The van der Waals surface area contributed by atoms with Crippen LogP contribution in [0.25, 0.3) is 10.2 Å². The van der Waals surface area contributed by atoms with Crippen molar-refractivity contribution in [1.29, 1.82) is 0 Å². The molecule has 28 heavy (non-hydrogen) atoms. The Morgan fingerprint density at radius 3 is 2.68 bits per heavy atom. The molecule has 1 aromatic carbocycles. The molecule has 3 heterocycles. The molecule has 0 unspecified atom stereocenters. The average Bonchev–Trinajstić information content (AvgIpc) is 3.18. The van der Waals surface area contributed by atoms with Gasteiger partial charge in [-0.3, -0.25) is 9.69 Å². The Balaban J connectivity index is 1.32. The molecule has 0 radical (unpaired) electrons. The van der Waals surface area contributed by atoms with Crippen molar-refractivity contribution in [3.8, 4) is 0 Å². The number of carbonyl (C=O) groups excluding carboxylic acids is 1. The molecule has 0 bridgehead atoms. The van der Waals surface area contributed by atoms with E-state index < -0.39 is 0 Å². The van der Waals surface area contributed by atoms with Crippen LogP contribution in [0.3, 0.4) is 0 Å². The summed E-state index contributed by atoms with van der Waals surface area (Å²) in [5, 5.41) is 3.16. The molecule has 146 valence electrons. The number of piperazine rings is 1. The van der Waals surface area contributed by atoms with Gasteiger partial charge in [0.2, 0.25) is 5.91 Å². The fourth-order valence-electron chi connectivity index (χ4n) is 3.34. The van der Waals surface area contributed by atoms with Crippen LogP contribution in [-0.2, 0) is 11.3 Å². The molecule has 0 spiro atoms. The van der Waals surface area contributed by atoms with Gasteiger partial charge in [-0.05, 0) is 23.9 Å². The Hall–Kier alpha value is -2.16. The van der Waals surface area contributed by atoms with Gasteiger partial charge in [-0.1, -0.05) is 42.1 Å². The van der Waals surface area contributed by atoms with Crippen LogP contribution in [0.15, 0.2) is 46.9 Å². The summed E-state index contributed by atoms with van der Waals surface area (Å²) in [6, 6.07) is 12.4. The van der Waals surface area contributed by atoms with Gasteiger partial charge in [-0.15, -0.1) is 11.3 Å². The minimum atomic E-state index is -0.238. The lowest BCUT2D eigenvalue weighted by molar-refractivity contribution is -0.132. The third-order valence-electron chi connectivity index (χ3n) is 4.90. The van der Waals surface area contributed by atoms with Crippen molar-refractivity contribution in [3.63, 3.8) is 0 Å². The molecule has 1 fully saturated rings. The Morgan fingerprint density at radius 1 is 1.18 bits per heavy atom. The summed E-state index contributed by atoms with van der Waals surface area (Å²) in [7, 11) is 0. The molecule has 0 aliphatic carbocycles. The monoisotopic (exact) mass is 413 g/mol. The number of rotatable bonds is 5. The summed E-state index contributed by atoms with van der Waals surface area (Å²) < 4.78 is 0. The molecule has 1 atom stereocenters. The minimum Gasteiger partial charge on any atom is -0.383 e. The number of thiophene rings is 1. The molecule has 6 nitrogen and oxygen atoms in total. The molecule has 1 amide bonds. The third kappa shape index (κ3) is 4.29. The van der Waals surface area contributed by atoms with Gasteiger partial charge in [0.05, 0.1) is 10.6 Å². The number of hydrogen-bond acceptors (Lipinski definition) is 7. The quantitative estimate of drug-likeness (QED) is 0.512. The highest BCUT2D eigenvalue weighted by Gasteiger charge is 2.26. The molecule has 1 aliphatic heterocycles. The Kier molecular flexibility index (Phi) is 5.79. The van der Waals surface area contributed by atoms with Gasteiger partial charge in [0.15, 0.2) is 5.16 Å². The van der Waals surface area contributed by atoms with Crippen LogP contribution < -0.4 is 5.73 Å². The van der Waals surface area contributed by atoms with E-state index in [1.165, 1.54) is 28.7 Å². The van der Waals surface area contributed by atoms with Gasteiger partial charge in [0.1, 0.15) is 10.6 Å². The molecule has 0 saturated carbocycles. The van der Waals surface area contributed by atoms with Crippen LogP contribution in [0.2, 0.25) is 0 Å². The Labute approximate surface area is 172 Å². The maximum absolute atomic E-state index is 12.9. The molecular weight excluding hydrogens is 390 g/mol. The Bertz CT molecular complexity index is 954. The van der Waals surface area contributed by atoms with Crippen LogP contribution in [0.4, 0.5) is 5.82 Å². The van der Waals surface area contributed by atoms with Crippen molar-refractivity contribution in [2.45, 2.75) is 23.9 Å². The number of amides is 1. The van der Waals surface area contributed by atoms with E-state index >= 15 is 0 Å². The number of nitrogens with zero attached hydrogens (tertiary/aromatic N) is 4. The average molecular weight is 414 g/mol. The number of nitrogens with two attached hydrogens (primary N) is 1. The number of aromatic nitrogens is 2. The summed E-state index contributed by atoms with van der Waals surface area (Å²) in [5.41, 5.74) is 7.33. The zero-order chi connectivity index (χ0) is 19.5. The summed E-state index contributed by atoms with van der Waals surface area (Å²) in [5.74, 6) is 0.612. The van der Waals surface area contributed by atoms with Gasteiger partial charge < -0.3 is 10.6 Å². The van der Waals surface area contributed by atoms with Crippen molar-refractivity contribution in [2.24, 2.45) is 0 Å². The first kappa shape index (κ1) is 19.2. The van der Waals surface area contributed by atoms with Gasteiger partial charge in [0.25, 0.3) is 0 Å². The highest BCUT2D eigenvalue weighted by Crippen LogP contribution is 2.28. The molecule has 8 heteroatoms. The second kappa shape index (κ2) is 8.46. The molecule has 2 aromatic heterocycles. The van der Waals surface area contributed by atoms with Crippen LogP contribution >= 0.6 is 23.1 Å². The predicted octanol–water partition coefficient (Wildman–Crippen LogP) is 3.10. The second-order valence-corrected chi connectivity index (χ2v) is 9.08. The fourth-order valence-corrected chi connectivity index (χ4v) is 5.03. The maximum Gasteiger partial charge on any atom is 0.235 e. The molecule has 1 saturated heterocycles. The number of thioether (sulfide) groups is 1.